The highest BCUT2D eigenvalue weighted by atomic mass is 16.5. The fourth-order valence-corrected chi connectivity index (χ4v) is 1.87. The van der Waals surface area contributed by atoms with E-state index in [4.69, 9.17) is 9.84 Å². The molecule has 1 atom stereocenters. The van der Waals surface area contributed by atoms with Crippen LogP contribution in [0.25, 0.3) is 0 Å². The van der Waals surface area contributed by atoms with Gasteiger partial charge in [-0.15, -0.1) is 0 Å². The lowest BCUT2D eigenvalue weighted by atomic mass is 10.00. The highest BCUT2D eigenvalue weighted by Crippen LogP contribution is 2.09. The van der Waals surface area contributed by atoms with E-state index in [-0.39, 0.29) is 12.2 Å². The van der Waals surface area contributed by atoms with Crippen molar-refractivity contribution < 1.29 is 19.4 Å². The second-order valence-electron chi connectivity index (χ2n) is 4.51. The molecule has 0 fully saturated rings. The molecule has 110 valence electrons. The Hall–Kier alpha value is -1.72. The van der Waals surface area contributed by atoms with Gasteiger partial charge in [0.2, 0.25) is 0 Å². The molecule has 0 saturated heterocycles. The van der Waals surface area contributed by atoms with Crippen LogP contribution in [0.1, 0.15) is 29.3 Å². The largest absolute Gasteiger partial charge is 0.481 e. The maximum Gasteiger partial charge on any atom is 0.305 e. The molecule has 0 aliphatic carbocycles. The average Bonchev–Trinajstić information content (AvgIpc) is 2.45. The first kappa shape index (κ1) is 16.3. The average molecular weight is 279 g/mol. The number of methoxy groups -OCH3 is 1. The van der Waals surface area contributed by atoms with Gasteiger partial charge in [0, 0.05) is 19.2 Å². The number of aliphatic carboxylic acids is 1. The molecule has 0 bridgehead atoms. The van der Waals surface area contributed by atoms with E-state index in [0.717, 1.165) is 12.0 Å². The van der Waals surface area contributed by atoms with Crippen LogP contribution in [0, 0.1) is 0 Å². The van der Waals surface area contributed by atoms with Crippen molar-refractivity contribution >= 4 is 11.8 Å². The van der Waals surface area contributed by atoms with E-state index >= 15 is 0 Å². The van der Waals surface area contributed by atoms with Gasteiger partial charge in [-0.3, -0.25) is 9.59 Å². The smallest absolute Gasteiger partial charge is 0.305 e. The number of ether oxygens (including phenoxy) is 1. The molecule has 0 radical (unpaired) electrons. The Morgan fingerprint density at radius 2 is 1.95 bits per heavy atom. The van der Waals surface area contributed by atoms with Crippen molar-refractivity contribution in [1.82, 2.24) is 5.32 Å². The topological polar surface area (TPSA) is 75.6 Å². The Labute approximate surface area is 118 Å². The quantitative estimate of drug-likeness (QED) is 0.529. The number of Topliss-reactive ketones (excluding diaryl/α,β-unsaturated/α-hetero) is 1. The summed E-state index contributed by atoms with van der Waals surface area (Å²) in [4.78, 5) is 23.2. The molecule has 1 unspecified atom stereocenters. The van der Waals surface area contributed by atoms with E-state index in [1.807, 2.05) is 19.1 Å². The number of hydrogen-bond acceptors (Lipinski definition) is 4. The molecule has 0 spiro atoms. The zero-order valence-corrected chi connectivity index (χ0v) is 11.9. The minimum absolute atomic E-state index is 0.203. The first-order valence-corrected chi connectivity index (χ1v) is 6.65. The van der Waals surface area contributed by atoms with Gasteiger partial charge < -0.3 is 15.2 Å². The summed E-state index contributed by atoms with van der Waals surface area (Å²) in [5.74, 6) is -1.20. The van der Waals surface area contributed by atoms with Crippen LogP contribution in [-0.4, -0.2) is 43.2 Å². The van der Waals surface area contributed by atoms with E-state index in [2.05, 4.69) is 5.32 Å². The standard InChI is InChI=1S/C15H21NO4/c1-3-11-4-6-12(7-5-11)15(19)13(10-14(17)18)16-8-9-20-2/h4-7,13,16H,3,8-10H2,1-2H3,(H,17,18). The summed E-state index contributed by atoms with van der Waals surface area (Å²) >= 11 is 0. The Kier molecular flexibility index (Phi) is 6.90. The van der Waals surface area contributed by atoms with Crippen molar-refractivity contribution in [1.29, 1.82) is 0 Å². The Morgan fingerprint density at radius 1 is 1.30 bits per heavy atom. The molecular weight excluding hydrogens is 258 g/mol. The lowest BCUT2D eigenvalue weighted by Crippen LogP contribution is -2.40. The maximum atomic E-state index is 12.3. The third-order valence-electron chi connectivity index (χ3n) is 3.04. The number of ketones is 1. The molecule has 0 amide bonds. The van der Waals surface area contributed by atoms with Crippen LogP contribution in [0.4, 0.5) is 0 Å². The van der Waals surface area contributed by atoms with Crippen molar-refractivity contribution in [3.05, 3.63) is 35.4 Å². The summed E-state index contributed by atoms with van der Waals surface area (Å²) in [6, 6.07) is 6.54. The zero-order valence-electron chi connectivity index (χ0n) is 11.9. The van der Waals surface area contributed by atoms with E-state index in [9.17, 15) is 9.59 Å². The van der Waals surface area contributed by atoms with Crippen LogP contribution in [-0.2, 0) is 16.0 Å². The first-order valence-electron chi connectivity index (χ1n) is 6.65. The summed E-state index contributed by atoms with van der Waals surface area (Å²) < 4.78 is 4.89. The number of aryl methyl sites for hydroxylation is 1. The van der Waals surface area contributed by atoms with Crippen molar-refractivity contribution in [3.8, 4) is 0 Å². The molecule has 1 aromatic carbocycles. The highest BCUT2D eigenvalue weighted by molar-refractivity contribution is 6.01. The molecule has 20 heavy (non-hydrogen) atoms. The van der Waals surface area contributed by atoms with Gasteiger partial charge in [-0.05, 0) is 12.0 Å². The van der Waals surface area contributed by atoms with Crippen molar-refractivity contribution in [2.45, 2.75) is 25.8 Å². The second-order valence-corrected chi connectivity index (χ2v) is 4.51. The second kappa shape index (κ2) is 8.45. The monoisotopic (exact) mass is 279 g/mol. The fraction of sp³-hybridized carbons (Fsp3) is 0.467. The number of rotatable bonds is 9. The van der Waals surface area contributed by atoms with Gasteiger partial charge in [0.05, 0.1) is 19.1 Å². The molecule has 0 heterocycles. The van der Waals surface area contributed by atoms with Gasteiger partial charge in [-0.1, -0.05) is 31.2 Å². The highest BCUT2D eigenvalue weighted by Gasteiger charge is 2.22. The molecule has 0 aliphatic rings. The van der Waals surface area contributed by atoms with Crippen molar-refractivity contribution in [2.24, 2.45) is 0 Å². The summed E-state index contributed by atoms with van der Waals surface area (Å²) in [6.45, 7) is 2.90. The Balaban J connectivity index is 2.76. The predicted octanol–water partition coefficient (Wildman–Crippen LogP) is 1.51. The van der Waals surface area contributed by atoms with E-state index in [0.29, 0.717) is 18.7 Å². The zero-order chi connectivity index (χ0) is 15.0. The minimum Gasteiger partial charge on any atom is -0.481 e. The number of carbonyl (C=O) groups excluding carboxylic acids is 1. The van der Waals surface area contributed by atoms with E-state index < -0.39 is 12.0 Å². The van der Waals surface area contributed by atoms with Gasteiger partial charge >= 0.3 is 5.97 Å². The van der Waals surface area contributed by atoms with Crippen molar-refractivity contribution in [2.75, 3.05) is 20.3 Å². The van der Waals surface area contributed by atoms with E-state index in [1.165, 1.54) is 0 Å². The van der Waals surface area contributed by atoms with Crippen LogP contribution in [0.2, 0.25) is 0 Å². The van der Waals surface area contributed by atoms with Crippen LogP contribution >= 0.6 is 0 Å². The molecule has 5 heteroatoms. The van der Waals surface area contributed by atoms with Crippen LogP contribution < -0.4 is 5.32 Å². The summed E-state index contributed by atoms with van der Waals surface area (Å²) in [6.07, 6.45) is 0.664. The maximum absolute atomic E-state index is 12.3. The fourth-order valence-electron chi connectivity index (χ4n) is 1.87. The van der Waals surface area contributed by atoms with Crippen molar-refractivity contribution in [3.63, 3.8) is 0 Å². The number of carboxylic acid groups (broad SMARTS) is 1. The number of carbonyl (C=O) groups is 2. The Morgan fingerprint density at radius 3 is 2.45 bits per heavy atom. The predicted molar refractivity (Wildman–Crippen MR) is 76.1 cm³/mol. The molecular formula is C15H21NO4. The third kappa shape index (κ3) is 5.11. The molecule has 1 rings (SSSR count). The number of benzene rings is 1. The molecule has 0 saturated carbocycles. The van der Waals surface area contributed by atoms with Gasteiger partial charge in [-0.2, -0.15) is 0 Å². The molecule has 5 nitrogen and oxygen atoms in total. The molecule has 0 aliphatic heterocycles. The minimum atomic E-state index is -1.00. The van der Waals surface area contributed by atoms with Crippen LogP contribution in [0.5, 0.6) is 0 Å². The summed E-state index contributed by atoms with van der Waals surface area (Å²) in [5, 5.41) is 11.8. The SMILES string of the molecule is CCc1ccc(C(=O)C(CC(=O)O)NCCOC)cc1. The van der Waals surface area contributed by atoms with Gasteiger partial charge in [0.1, 0.15) is 0 Å². The third-order valence-corrected chi connectivity index (χ3v) is 3.04. The summed E-state index contributed by atoms with van der Waals surface area (Å²) in [5.41, 5.74) is 1.67. The Bertz CT molecular complexity index is 442. The van der Waals surface area contributed by atoms with Gasteiger partial charge in [0.25, 0.3) is 0 Å². The molecule has 2 N–H and O–H groups in total. The molecule has 0 aromatic heterocycles. The van der Waals surface area contributed by atoms with Crippen LogP contribution in [0.3, 0.4) is 0 Å². The lowest BCUT2D eigenvalue weighted by molar-refractivity contribution is -0.137. The molecule has 1 aromatic rings. The van der Waals surface area contributed by atoms with Crippen LogP contribution in [0.15, 0.2) is 24.3 Å². The number of carboxylic acids is 1. The number of hydrogen-bond donors (Lipinski definition) is 2. The van der Waals surface area contributed by atoms with Gasteiger partial charge in [-0.25, -0.2) is 0 Å². The van der Waals surface area contributed by atoms with Gasteiger partial charge in [0.15, 0.2) is 5.78 Å². The first-order chi connectivity index (χ1) is 9.58. The summed E-state index contributed by atoms with van der Waals surface area (Å²) in [7, 11) is 1.55. The lowest BCUT2D eigenvalue weighted by Gasteiger charge is -2.15. The van der Waals surface area contributed by atoms with E-state index in [1.54, 1.807) is 19.2 Å². The number of nitrogens with one attached hydrogen (secondary N) is 1. The normalized spacial score (nSPS) is 12.1.